The van der Waals surface area contributed by atoms with Crippen LogP contribution >= 0.6 is 0 Å². The molecule has 0 spiro atoms. The molecule has 0 radical (unpaired) electrons. The molecular weight excluding hydrogens is 390 g/mol. The van der Waals surface area contributed by atoms with E-state index >= 15 is 0 Å². The van der Waals surface area contributed by atoms with Crippen LogP contribution in [0.3, 0.4) is 0 Å². The number of pyridine rings is 1. The number of nitrogens with one attached hydrogen (secondary N) is 1. The first-order chi connectivity index (χ1) is 15.0. The van der Waals surface area contributed by atoms with E-state index in [0.29, 0.717) is 12.1 Å². The van der Waals surface area contributed by atoms with Crippen molar-refractivity contribution in [3.63, 3.8) is 0 Å². The summed E-state index contributed by atoms with van der Waals surface area (Å²) in [7, 11) is 3.84. The third-order valence-electron chi connectivity index (χ3n) is 6.07. The quantitative estimate of drug-likeness (QED) is 0.525. The molecule has 31 heavy (non-hydrogen) atoms. The Balaban J connectivity index is 1.44. The normalized spacial score (nSPS) is 18.2. The Morgan fingerprint density at radius 3 is 2.58 bits per heavy atom. The zero-order chi connectivity index (χ0) is 21.5. The molecule has 1 aliphatic carbocycles. The largest absolute Gasteiger partial charge is 0.391 e. The van der Waals surface area contributed by atoms with Gasteiger partial charge in [-0.3, -0.25) is 9.48 Å². The van der Waals surface area contributed by atoms with Gasteiger partial charge in [0.25, 0.3) is 5.91 Å². The number of fused-ring (bicyclic) bond motifs is 1. The predicted molar refractivity (Wildman–Crippen MR) is 119 cm³/mol. The molecule has 158 valence electrons. The van der Waals surface area contributed by atoms with Crippen LogP contribution in [0.1, 0.15) is 34.5 Å². The van der Waals surface area contributed by atoms with Gasteiger partial charge in [0.05, 0.1) is 17.8 Å². The van der Waals surface area contributed by atoms with Crippen LogP contribution < -0.4 is 5.32 Å². The highest BCUT2D eigenvalue weighted by Crippen LogP contribution is 2.25. The number of carbonyl (C=O) groups is 1. The van der Waals surface area contributed by atoms with Gasteiger partial charge in [0.2, 0.25) is 0 Å². The molecule has 1 saturated carbocycles. The number of benzene rings is 1. The summed E-state index contributed by atoms with van der Waals surface area (Å²) in [4.78, 5) is 17.4. The molecule has 3 heterocycles. The van der Waals surface area contributed by atoms with Crippen LogP contribution in [-0.2, 0) is 20.5 Å². The molecule has 1 aliphatic rings. The van der Waals surface area contributed by atoms with Gasteiger partial charge in [-0.15, -0.1) is 0 Å². The molecule has 5 rings (SSSR count). The van der Waals surface area contributed by atoms with Crippen molar-refractivity contribution in [2.45, 2.75) is 31.4 Å². The second-order valence-corrected chi connectivity index (χ2v) is 8.30. The number of carbonyl (C=O) groups excluding carboxylic acids is 1. The number of rotatable bonds is 5. The summed E-state index contributed by atoms with van der Waals surface area (Å²) in [5, 5.41) is 18.2. The maximum Gasteiger partial charge on any atom is 0.270 e. The number of hydrogen-bond donors (Lipinski definition) is 2. The third kappa shape index (κ3) is 3.72. The summed E-state index contributed by atoms with van der Waals surface area (Å²) in [5.74, 6) is -0.237. The highest BCUT2D eigenvalue weighted by molar-refractivity contribution is 5.96. The van der Waals surface area contributed by atoms with E-state index in [4.69, 9.17) is 0 Å². The summed E-state index contributed by atoms with van der Waals surface area (Å²) in [6, 6.07) is 14.1. The first kappa shape index (κ1) is 19.5. The number of amides is 1. The van der Waals surface area contributed by atoms with Crippen molar-refractivity contribution >= 4 is 16.9 Å². The summed E-state index contributed by atoms with van der Waals surface area (Å²) < 4.78 is 3.72. The van der Waals surface area contributed by atoms with Crippen molar-refractivity contribution in [1.29, 1.82) is 0 Å². The Kier molecular flexibility index (Phi) is 4.82. The molecule has 1 amide bonds. The highest BCUT2D eigenvalue weighted by atomic mass is 16.3. The lowest BCUT2D eigenvalue weighted by Gasteiger charge is -2.32. The number of aliphatic hydroxyl groups excluding tert-OH is 1. The van der Waals surface area contributed by atoms with Crippen LogP contribution in [-0.4, -0.2) is 42.5 Å². The topological polar surface area (TPSA) is 85.0 Å². The molecule has 1 aromatic carbocycles. The summed E-state index contributed by atoms with van der Waals surface area (Å²) in [6.07, 6.45) is 5.66. The third-order valence-corrected chi connectivity index (χ3v) is 6.07. The lowest BCUT2D eigenvalue weighted by molar-refractivity contribution is 0.0445. The van der Waals surface area contributed by atoms with E-state index in [2.05, 4.69) is 39.7 Å². The van der Waals surface area contributed by atoms with Gasteiger partial charge in [-0.2, -0.15) is 5.10 Å². The van der Waals surface area contributed by atoms with Crippen LogP contribution in [0.5, 0.6) is 0 Å². The first-order valence-corrected chi connectivity index (χ1v) is 10.5. The van der Waals surface area contributed by atoms with Crippen molar-refractivity contribution < 1.29 is 9.90 Å². The van der Waals surface area contributed by atoms with Crippen LogP contribution in [0, 0.1) is 0 Å². The van der Waals surface area contributed by atoms with E-state index in [1.165, 1.54) is 0 Å². The summed E-state index contributed by atoms with van der Waals surface area (Å²) in [6.45, 7) is 0. The van der Waals surface area contributed by atoms with Crippen LogP contribution in [0.4, 0.5) is 0 Å². The van der Waals surface area contributed by atoms with Gasteiger partial charge in [-0.1, -0.05) is 24.3 Å². The van der Waals surface area contributed by atoms with Gasteiger partial charge in [-0.05, 0) is 48.6 Å². The zero-order valence-electron chi connectivity index (χ0n) is 17.6. The minimum Gasteiger partial charge on any atom is -0.391 e. The van der Waals surface area contributed by atoms with E-state index in [-0.39, 0.29) is 11.9 Å². The molecule has 2 N–H and O–H groups in total. The van der Waals surface area contributed by atoms with Gasteiger partial charge < -0.3 is 15.0 Å². The van der Waals surface area contributed by atoms with Crippen molar-refractivity contribution in [2.24, 2.45) is 14.1 Å². The molecule has 0 saturated heterocycles. The second kappa shape index (κ2) is 7.67. The highest BCUT2D eigenvalue weighted by Gasteiger charge is 2.30. The van der Waals surface area contributed by atoms with Crippen LogP contribution in [0.2, 0.25) is 0 Å². The average Bonchev–Trinajstić information content (AvgIpc) is 3.37. The number of nitrogens with zero attached hydrogens (tertiary/aromatic N) is 4. The predicted octanol–water partition coefficient (Wildman–Crippen LogP) is 2.82. The molecule has 0 unspecified atom stereocenters. The maximum atomic E-state index is 12.8. The van der Waals surface area contributed by atoms with E-state index in [1.807, 2.05) is 49.3 Å². The lowest BCUT2D eigenvalue weighted by Crippen LogP contribution is -2.50. The number of aryl methyl sites for hydroxylation is 2. The van der Waals surface area contributed by atoms with Gasteiger partial charge >= 0.3 is 0 Å². The molecule has 1 fully saturated rings. The molecular formula is C24H25N5O2. The SMILES string of the molecule is Cn1ccc(-c2ccc(Cc3cc(C(=O)N[C@@H]4CC[C@H]4O)nc4c3ccn4C)cc2)n1. The van der Waals surface area contributed by atoms with Crippen molar-refractivity contribution in [2.75, 3.05) is 0 Å². The molecule has 2 atom stereocenters. The Hall–Kier alpha value is -3.45. The summed E-state index contributed by atoms with van der Waals surface area (Å²) in [5.41, 5.74) is 5.38. The molecule has 7 nitrogen and oxygen atoms in total. The molecule has 0 bridgehead atoms. The standard InChI is InChI=1S/C24H25N5O2/c1-28-11-9-18-17(13-15-3-5-16(6-4-15)19-10-12-29(2)27-19)14-21(25-23(18)28)24(31)26-20-7-8-22(20)30/h3-6,9-12,14,20,22,30H,7-8,13H2,1-2H3,(H,26,31)/t20-,22-/m1/s1. The van der Waals surface area contributed by atoms with Crippen molar-refractivity contribution in [3.8, 4) is 11.3 Å². The van der Waals surface area contributed by atoms with Crippen molar-refractivity contribution in [3.05, 3.63) is 71.7 Å². The minimum atomic E-state index is -0.459. The minimum absolute atomic E-state index is 0.180. The van der Waals surface area contributed by atoms with Crippen molar-refractivity contribution in [1.82, 2.24) is 24.6 Å². The Labute approximate surface area is 180 Å². The van der Waals surface area contributed by atoms with Gasteiger partial charge in [0, 0.05) is 37.4 Å². The van der Waals surface area contributed by atoms with Crippen LogP contribution in [0.15, 0.2) is 54.9 Å². The number of hydrogen-bond acceptors (Lipinski definition) is 4. The van der Waals surface area contributed by atoms with Gasteiger partial charge in [-0.25, -0.2) is 4.98 Å². The fraction of sp³-hybridized carbons (Fsp3) is 0.292. The average molecular weight is 415 g/mol. The maximum absolute atomic E-state index is 12.8. The van der Waals surface area contributed by atoms with E-state index < -0.39 is 6.10 Å². The monoisotopic (exact) mass is 415 g/mol. The first-order valence-electron chi connectivity index (χ1n) is 10.5. The van der Waals surface area contributed by atoms with Gasteiger partial charge in [0.1, 0.15) is 11.3 Å². The Morgan fingerprint density at radius 2 is 1.94 bits per heavy atom. The molecule has 0 aliphatic heterocycles. The lowest BCUT2D eigenvalue weighted by atomic mass is 9.89. The number of aliphatic hydroxyl groups is 1. The molecule has 4 aromatic rings. The Morgan fingerprint density at radius 1 is 1.13 bits per heavy atom. The smallest absolute Gasteiger partial charge is 0.270 e. The van der Waals surface area contributed by atoms with E-state index in [1.54, 1.807) is 4.68 Å². The fourth-order valence-corrected chi connectivity index (χ4v) is 4.04. The fourth-order valence-electron chi connectivity index (χ4n) is 4.04. The number of aromatic nitrogens is 4. The second-order valence-electron chi connectivity index (χ2n) is 8.30. The molecule has 7 heteroatoms. The Bertz CT molecular complexity index is 1250. The van der Waals surface area contributed by atoms with E-state index in [0.717, 1.165) is 46.3 Å². The van der Waals surface area contributed by atoms with E-state index in [9.17, 15) is 9.90 Å². The molecule has 3 aromatic heterocycles. The summed E-state index contributed by atoms with van der Waals surface area (Å²) >= 11 is 0. The van der Waals surface area contributed by atoms with Gasteiger partial charge in [0.15, 0.2) is 0 Å². The zero-order valence-corrected chi connectivity index (χ0v) is 17.6. The van der Waals surface area contributed by atoms with Crippen LogP contribution in [0.25, 0.3) is 22.3 Å².